The number of amides is 2. The Morgan fingerprint density at radius 1 is 1.17 bits per heavy atom. The van der Waals surface area contributed by atoms with E-state index in [1.165, 1.54) is 30.4 Å². The largest absolute Gasteiger partial charge is 0.349 e. The van der Waals surface area contributed by atoms with Gasteiger partial charge < -0.3 is 9.80 Å². The summed E-state index contributed by atoms with van der Waals surface area (Å²) in [5.41, 5.74) is 2.93. The Morgan fingerprint density at radius 3 is 2.57 bits per heavy atom. The first-order valence-electron chi connectivity index (χ1n) is 8.60. The zero-order valence-corrected chi connectivity index (χ0v) is 13.9. The third-order valence-corrected chi connectivity index (χ3v) is 5.93. The van der Waals surface area contributed by atoms with Gasteiger partial charge in [0.2, 0.25) is 11.8 Å². The molecule has 4 heteroatoms. The molecule has 1 aliphatic heterocycles. The van der Waals surface area contributed by atoms with Crippen molar-refractivity contribution in [2.75, 3.05) is 20.6 Å². The van der Waals surface area contributed by atoms with Crippen molar-refractivity contribution in [1.82, 2.24) is 9.80 Å². The van der Waals surface area contributed by atoms with Crippen molar-refractivity contribution >= 4 is 11.8 Å². The van der Waals surface area contributed by atoms with Crippen LogP contribution in [0.4, 0.5) is 0 Å². The molecule has 3 aliphatic rings. The molecule has 4 rings (SSSR count). The molecule has 2 fully saturated rings. The number of fused-ring (bicyclic) bond motifs is 2. The van der Waals surface area contributed by atoms with Crippen LogP contribution in [0.2, 0.25) is 0 Å². The lowest BCUT2D eigenvalue weighted by atomic mass is 9.61. The minimum Gasteiger partial charge on any atom is -0.349 e. The van der Waals surface area contributed by atoms with Gasteiger partial charge in [0.15, 0.2) is 0 Å². The summed E-state index contributed by atoms with van der Waals surface area (Å²) in [5, 5.41) is 0. The van der Waals surface area contributed by atoms with Crippen molar-refractivity contribution in [3.8, 4) is 0 Å². The van der Waals surface area contributed by atoms with Crippen LogP contribution in [0, 0.1) is 11.8 Å². The summed E-state index contributed by atoms with van der Waals surface area (Å²) < 4.78 is 0. The molecule has 2 saturated carbocycles. The van der Waals surface area contributed by atoms with Crippen molar-refractivity contribution in [3.63, 3.8) is 0 Å². The number of carbonyl (C=O) groups excluding carboxylic acids is 2. The Balaban J connectivity index is 1.53. The summed E-state index contributed by atoms with van der Waals surface area (Å²) in [6, 6.07) is 8.58. The van der Waals surface area contributed by atoms with E-state index < -0.39 is 0 Å². The lowest BCUT2D eigenvalue weighted by Gasteiger charge is -2.50. The van der Waals surface area contributed by atoms with E-state index in [0.717, 1.165) is 13.0 Å². The number of rotatable bonds is 2. The highest BCUT2D eigenvalue weighted by Crippen LogP contribution is 2.49. The zero-order valence-electron chi connectivity index (χ0n) is 13.9. The highest BCUT2D eigenvalue weighted by atomic mass is 16.2. The molecular weight excluding hydrogens is 288 g/mol. The van der Waals surface area contributed by atoms with Crippen LogP contribution in [0.1, 0.15) is 36.8 Å². The number of benzene rings is 1. The van der Waals surface area contributed by atoms with Gasteiger partial charge in [0.1, 0.15) is 0 Å². The number of carbonyl (C=O) groups is 2. The molecule has 0 saturated heterocycles. The summed E-state index contributed by atoms with van der Waals surface area (Å²) in [7, 11) is 3.53. The summed E-state index contributed by atoms with van der Waals surface area (Å²) >= 11 is 0. The maximum absolute atomic E-state index is 12.9. The van der Waals surface area contributed by atoms with E-state index in [4.69, 9.17) is 0 Å². The van der Waals surface area contributed by atoms with E-state index in [1.54, 1.807) is 19.0 Å². The fourth-order valence-corrected chi connectivity index (χ4v) is 4.38. The van der Waals surface area contributed by atoms with Gasteiger partial charge >= 0.3 is 0 Å². The minimum absolute atomic E-state index is 0.0905. The summed E-state index contributed by atoms with van der Waals surface area (Å²) in [6.45, 7) is 1.54. The van der Waals surface area contributed by atoms with Crippen LogP contribution in [0.5, 0.6) is 0 Å². The standard InChI is InChI=1S/C19H24N2O2/c1-20(2)17(22)14-10-15(14)18(23)21-11-13-6-3-4-7-16(13)19(12-21)8-5-9-19/h3-4,6-7,14-15H,5,8-12H2,1-2H3/t14-,15+/m1/s1. The average molecular weight is 312 g/mol. The van der Waals surface area contributed by atoms with Crippen molar-refractivity contribution in [1.29, 1.82) is 0 Å². The van der Waals surface area contributed by atoms with E-state index in [9.17, 15) is 9.59 Å². The first-order chi connectivity index (χ1) is 11.0. The van der Waals surface area contributed by atoms with Gasteiger partial charge in [0.05, 0.1) is 11.8 Å². The van der Waals surface area contributed by atoms with Crippen molar-refractivity contribution in [2.24, 2.45) is 11.8 Å². The van der Waals surface area contributed by atoms with Crippen LogP contribution in [-0.2, 0) is 21.5 Å². The average Bonchev–Trinajstić information content (AvgIpc) is 3.31. The van der Waals surface area contributed by atoms with E-state index in [-0.39, 0.29) is 29.1 Å². The number of nitrogens with zero attached hydrogens (tertiary/aromatic N) is 2. The molecule has 4 nitrogen and oxygen atoms in total. The topological polar surface area (TPSA) is 40.6 Å². The Hall–Kier alpha value is -1.84. The molecule has 2 aliphatic carbocycles. The molecule has 1 aromatic carbocycles. The second-order valence-corrected chi connectivity index (χ2v) is 7.67. The van der Waals surface area contributed by atoms with Gasteiger partial charge in [-0.05, 0) is 30.4 Å². The van der Waals surface area contributed by atoms with Crippen LogP contribution in [0.25, 0.3) is 0 Å². The van der Waals surface area contributed by atoms with Gasteiger partial charge in [-0.15, -0.1) is 0 Å². The van der Waals surface area contributed by atoms with Crippen molar-refractivity contribution < 1.29 is 9.59 Å². The number of hydrogen-bond acceptors (Lipinski definition) is 2. The lowest BCUT2D eigenvalue weighted by Crippen LogP contribution is -2.52. The fraction of sp³-hybridized carbons (Fsp3) is 0.579. The molecule has 1 spiro atoms. The quantitative estimate of drug-likeness (QED) is 0.840. The second kappa shape index (κ2) is 5.08. The molecule has 0 aromatic heterocycles. The molecule has 0 N–H and O–H groups in total. The molecule has 2 atom stereocenters. The SMILES string of the molecule is CN(C)C(=O)[C@@H]1C[C@@H]1C(=O)N1Cc2ccccc2C2(CCC2)C1. The highest BCUT2D eigenvalue weighted by Gasteiger charge is 2.52. The highest BCUT2D eigenvalue weighted by molar-refractivity contribution is 5.92. The van der Waals surface area contributed by atoms with Gasteiger partial charge in [0, 0.05) is 32.6 Å². The molecule has 0 bridgehead atoms. The summed E-state index contributed by atoms with van der Waals surface area (Å²) in [4.78, 5) is 28.6. The lowest BCUT2D eigenvalue weighted by molar-refractivity contribution is -0.138. The van der Waals surface area contributed by atoms with Gasteiger partial charge in [-0.1, -0.05) is 30.7 Å². The molecular formula is C19H24N2O2. The summed E-state index contributed by atoms with van der Waals surface area (Å²) in [5.74, 6) is 0.101. The first-order valence-corrected chi connectivity index (χ1v) is 8.60. The first kappa shape index (κ1) is 14.7. The van der Waals surface area contributed by atoms with E-state index in [1.807, 2.05) is 4.90 Å². The molecule has 0 unspecified atom stereocenters. The van der Waals surface area contributed by atoms with Crippen LogP contribution in [0.15, 0.2) is 24.3 Å². The third-order valence-electron chi connectivity index (χ3n) is 5.93. The maximum atomic E-state index is 12.9. The van der Waals surface area contributed by atoms with E-state index in [0.29, 0.717) is 6.54 Å². The van der Waals surface area contributed by atoms with Gasteiger partial charge in [-0.25, -0.2) is 0 Å². The maximum Gasteiger partial charge on any atom is 0.226 e. The van der Waals surface area contributed by atoms with Gasteiger partial charge in [-0.2, -0.15) is 0 Å². The molecule has 1 heterocycles. The van der Waals surface area contributed by atoms with Crippen molar-refractivity contribution in [3.05, 3.63) is 35.4 Å². The predicted octanol–water partition coefficient (Wildman–Crippen LogP) is 2.17. The Labute approximate surface area is 137 Å². The Morgan fingerprint density at radius 2 is 1.91 bits per heavy atom. The van der Waals surface area contributed by atoms with Gasteiger partial charge in [0.25, 0.3) is 0 Å². The number of hydrogen-bond donors (Lipinski definition) is 0. The van der Waals surface area contributed by atoms with Crippen LogP contribution in [0.3, 0.4) is 0 Å². The third kappa shape index (κ3) is 2.27. The fourth-order valence-electron chi connectivity index (χ4n) is 4.38. The minimum atomic E-state index is -0.0907. The Bertz CT molecular complexity index is 663. The molecule has 23 heavy (non-hydrogen) atoms. The van der Waals surface area contributed by atoms with Gasteiger partial charge in [-0.3, -0.25) is 9.59 Å². The molecule has 0 radical (unpaired) electrons. The monoisotopic (exact) mass is 312 g/mol. The van der Waals surface area contributed by atoms with Crippen LogP contribution < -0.4 is 0 Å². The van der Waals surface area contributed by atoms with Crippen LogP contribution in [-0.4, -0.2) is 42.3 Å². The molecule has 122 valence electrons. The summed E-state index contributed by atoms with van der Waals surface area (Å²) in [6.07, 6.45) is 4.33. The Kier molecular flexibility index (Phi) is 3.26. The van der Waals surface area contributed by atoms with E-state index in [2.05, 4.69) is 24.3 Å². The van der Waals surface area contributed by atoms with Crippen molar-refractivity contribution in [2.45, 2.75) is 37.6 Å². The predicted molar refractivity (Wildman–Crippen MR) is 87.7 cm³/mol. The zero-order chi connectivity index (χ0) is 16.2. The van der Waals surface area contributed by atoms with E-state index >= 15 is 0 Å². The smallest absolute Gasteiger partial charge is 0.226 e. The molecule has 1 aromatic rings. The normalized spacial score (nSPS) is 27.1. The van der Waals surface area contributed by atoms with Crippen LogP contribution >= 0.6 is 0 Å². The second-order valence-electron chi connectivity index (χ2n) is 7.67. The molecule has 2 amide bonds.